The van der Waals surface area contributed by atoms with Crippen LogP contribution in [0.15, 0.2) is 0 Å². The summed E-state index contributed by atoms with van der Waals surface area (Å²) in [6.07, 6.45) is 7.54. The maximum atomic E-state index is 12.1. The van der Waals surface area contributed by atoms with E-state index in [9.17, 15) is 9.90 Å². The number of urea groups is 1. The van der Waals surface area contributed by atoms with Crippen LogP contribution in [0.5, 0.6) is 0 Å². The average Bonchev–Trinajstić information content (AvgIpc) is 2.91. The number of amides is 2. The Balaban J connectivity index is 1.71. The Kier molecular flexibility index (Phi) is 5.49. The summed E-state index contributed by atoms with van der Waals surface area (Å²) in [6, 6.07) is 0.996. The van der Waals surface area contributed by atoms with Gasteiger partial charge >= 0.3 is 6.03 Å². The molecule has 0 aromatic heterocycles. The van der Waals surface area contributed by atoms with Crippen molar-refractivity contribution in [1.82, 2.24) is 15.1 Å². The number of piperidine rings is 1. The van der Waals surface area contributed by atoms with Crippen LogP contribution in [0, 0.1) is 0 Å². The van der Waals surface area contributed by atoms with E-state index < -0.39 is 5.60 Å². The van der Waals surface area contributed by atoms with Crippen molar-refractivity contribution in [2.45, 2.75) is 70.1 Å². The summed E-state index contributed by atoms with van der Waals surface area (Å²) in [5.74, 6) is 0. The van der Waals surface area contributed by atoms with E-state index in [1.807, 2.05) is 0 Å². The first kappa shape index (κ1) is 16.6. The lowest BCUT2D eigenvalue weighted by Gasteiger charge is -2.37. The molecule has 0 spiro atoms. The lowest BCUT2D eigenvalue weighted by Crippen LogP contribution is -2.51. The van der Waals surface area contributed by atoms with Crippen LogP contribution in [0.2, 0.25) is 0 Å². The first-order valence-corrected chi connectivity index (χ1v) is 8.33. The number of nitrogens with zero attached hydrogens (tertiary/aromatic N) is 2. The standard InChI is InChI=1S/C16H31N3O2/c1-16(2,21)12-18(3)15(20)17-13-8-10-19(11-9-13)14-6-4-5-7-14/h13-14,21H,4-12H2,1-3H3,(H,17,20). The third-order valence-corrected chi connectivity index (χ3v) is 4.67. The number of hydrogen-bond acceptors (Lipinski definition) is 3. The quantitative estimate of drug-likeness (QED) is 0.832. The fourth-order valence-electron chi connectivity index (χ4n) is 3.62. The van der Waals surface area contributed by atoms with Gasteiger partial charge in [-0.1, -0.05) is 12.8 Å². The number of carbonyl (C=O) groups is 1. The zero-order valence-electron chi connectivity index (χ0n) is 13.8. The topological polar surface area (TPSA) is 55.8 Å². The molecule has 2 rings (SSSR count). The van der Waals surface area contributed by atoms with Crippen molar-refractivity contribution in [3.05, 3.63) is 0 Å². The van der Waals surface area contributed by atoms with Crippen molar-refractivity contribution in [1.29, 1.82) is 0 Å². The maximum absolute atomic E-state index is 12.1. The molecule has 0 radical (unpaired) electrons. The van der Waals surface area contributed by atoms with Gasteiger partial charge in [-0.15, -0.1) is 0 Å². The van der Waals surface area contributed by atoms with Crippen LogP contribution in [-0.2, 0) is 0 Å². The van der Waals surface area contributed by atoms with E-state index in [-0.39, 0.29) is 12.1 Å². The number of nitrogens with one attached hydrogen (secondary N) is 1. The molecular weight excluding hydrogens is 266 g/mol. The molecule has 2 amide bonds. The van der Waals surface area contributed by atoms with Crippen molar-refractivity contribution in [3.63, 3.8) is 0 Å². The summed E-state index contributed by atoms with van der Waals surface area (Å²) < 4.78 is 0. The minimum absolute atomic E-state index is 0.0727. The molecule has 1 heterocycles. The summed E-state index contributed by atoms with van der Waals surface area (Å²) in [6.45, 7) is 5.99. The second kappa shape index (κ2) is 6.97. The summed E-state index contributed by atoms with van der Waals surface area (Å²) in [5, 5.41) is 12.9. The molecule has 2 aliphatic rings. The molecule has 5 heteroatoms. The fourth-order valence-corrected chi connectivity index (χ4v) is 3.62. The first-order chi connectivity index (χ1) is 9.85. The highest BCUT2D eigenvalue weighted by atomic mass is 16.3. The average molecular weight is 297 g/mol. The molecular formula is C16H31N3O2. The summed E-state index contributed by atoms with van der Waals surface area (Å²) >= 11 is 0. The molecule has 0 aromatic carbocycles. The van der Waals surface area contributed by atoms with E-state index in [4.69, 9.17) is 0 Å². The van der Waals surface area contributed by atoms with Crippen molar-refractivity contribution >= 4 is 6.03 Å². The molecule has 1 aliphatic carbocycles. The van der Waals surface area contributed by atoms with E-state index in [0.29, 0.717) is 6.54 Å². The predicted octanol–water partition coefficient (Wildman–Crippen LogP) is 1.81. The van der Waals surface area contributed by atoms with Crippen LogP contribution in [0.4, 0.5) is 4.79 Å². The van der Waals surface area contributed by atoms with Gasteiger partial charge in [0.15, 0.2) is 0 Å². The van der Waals surface area contributed by atoms with Gasteiger partial charge in [0.25, 0.3) is 0 Å². The van der Waals surface area contributed by atoms with Crippen molar-refractivity contribution in [2.75, 3.05) is 26.7 Å². The molecule has 122 valence electrons. The summed E-state index contributed by atoms with van der Waals surface area (Å²) in [5.41, 5.74) is -0.849. The van der Waals surface area contributed by atoms with Crippen LogP contribution in [-0.4, -0.2) is 65.3 Å². The number of likely N-dealkylation sites (N-methyl/N-ethyl adjacent to an activating group) is 1. The normalized spacial score (nSPS) is 22.5. The number of aliphatic hydroxyl groups is 1. The van der Waals surface area contributed by atoms with Gasteiger partial charge in [0.1, 0.15) is 0 Å². The zero-order valence-corrected chi connectivity index (χ0v) is 13.8. The largest absolute Gasteiger partial charge is 0.389 e. The number of hydrogen-bond donors (Lipinski definition) is 2. The third-order valence-electron chi connectivity index (χ3n) is 4.67. The van der Waals surface area contributed by atoms with Crippen LogP contribution in [0.25, 0.3) is 0 Å². The summed E-state index contributed by atoms with van der Waals surface area (Å²) in [4.78, 5) is 16.3. The SMILES string of the molecule is CN(CC(C)(C)O)C(=O)NC1CCN(C2CCCC2)CC1. The first-order valence-electron chi connectivity index (χ1n) is 8.33. The van der Waals surface area contributed by atoms with Gasteiger partial charge in [-0.3, -0.25) is 0 Å². The fraction of sp³-hybridized carbons (Fsp3) is 0.938. The molecule has 0 atom stereocenters. The number of likely N-dealkylation sites (tertiary alicyclic amines) is 1. The predicted molar refractivity (Wildman–Crippen MR) is 84.3 cm³/mol. The Hall–Kier alpha value is -0.810. The lowest BCUT2D eigenvalue weighted by atomic mass is 10.0. The highest BCUT2D eigenvalue weighted by Gasteiger charge is 2.28. The van der Waals surface area contributed by atoms with Crippen molar-refractivity contribution in [3.8, 4) is 0 Å². The second-order valence-corrected chi connectivity index (χ2v) is 7.37. The molecule has 1 aliphatic heterocycles. The Morgan fingerprint density at radius 2 is 1.81 bits per heavy atom. The Labute approximate surface area is 128 Å². The van der Waals surface area contributed by atoms with Gasteiger partial charge in [0.2, 0.25) is 0 Å². The number of rotatable bonds is 4. The molecule has 1 saturated carbocycles. The van der Waals surface area contributed by atoms with Gasteiger partial charge < -0.3 is 20.2 Å². The van der Waals surface area contributed by atoms with Crippen LogP contribution in [0.3, 0.4) is 0 Å². The minimum atomic E-state index is -0.849. The van der Waals surface area contributed by atoms with E-state index in [2.05, 4.69) is 10.2 Å². The van der Waals surface area contributed by atoms with E-state index in [1.54, 1.807) is 25.8 Å². The lowest BCUT2D eigenvalue weighted by molar-refractivity contribution is 0.0520. The Morgan fingerprint density at radius 1 is 1.24 bits per heavy atom. The van der Waals surface area contributed by atoms with Crippen molar-refractivity contribution in [2.24, 2.45) is 0 Å². The van der Waals surface area contributed by atoms with E-state index in [0.717, 1.165) is 32.0 Å². The van der Waals surface area contributed by atoms with Crippen molar-refractivity contribution < 1.29 is 9.90 Å². The Morgan fingerprint density at radius 3 is 2.33 bits per heavy atom. The molecule has 0 unspecified atom stereocenters. The molecule has 2 fully saturated rings. The molecule has 21 heavy (non-hydrogen) atoms. The van der Waals surface area contributed by atoms with E-state index in [1.165, 1.54) is 25.7 Å². The van der Waals surface area contributed by atoms with Gasteiger partial charge in [-0.25, -0.2) is 4.79 Å². The van der Waals surface area contributed by atoms with Gasteiger partial charge in [-0.2, -0.15) is 0 Å². The molecule has 0 aromatic rings. The highest BCUT2D eigenvalue weighted by Crippen LogP contribution is 2.26. The zero-order chi connectivity index (χ0) is 15.5. The Bertz CT molecular complexity index is 340. The molecule has 5 nitrogen and oxygen atoms in total. The van der Waals surface area contributed by atoms with Crippen LogP contribution in [0.1, 0.15) is 52.4 Å². The smallest absolute Gasteiger partial charge is 0.317 e. The number of carbonyl (C=O) groups excluding carboxylic acids is 1. The van der Waals surface area contributed by atoms with Gasteiger partial charge in [0, 0.05) is 32.2 Å². The third kappa shape index (κ3) is 5.15. The van der Waals surface area contributed by atoms with Crippen LogP contribution < -0.4 is 5.32 Å². The van der Waals surface area contributed by atoms with Crippen LogP contribution >= 0.6 is 0 Å². The molecule has 2 N–H and O–H groups in total. The maximum Gasteiger partial charge on any atom is 0.317 e. The van der Waals surface area contributed by atoms with Gasteiger partial charge in [-0.05, 0) is 39.5 Å². The van der Waals surface area contributed by atoms with Gasteiger partial charge in [0.05, 0.1) is 12.1 Å². The second-order valence-electron chi connectivity index (χ2n) is 7.37. The molecule has 1 saturated heterocycles. The molecule has 0 bridgehead atoms. The highest BCUT2D eigenvalue weighted by molar-refractivity contribution is 5.74. The summed E-state index contributed by atoms with van der Waals surface area (Å²) in [7, 11) is 1.74. The van der Waals surface area contributed by atoms with E-state index >= 15 is 0 Å². The monoisotopic (exact) mass is 297 g/mol. The minimum Gasteiger partial charge on any atom is -0.389 e.